The van der Waals surface area contributed by atoms with Crippen LogP contribution in [0.4, 0.5) is 0 Å². The van der Waals surface area contributed by atoms with Crippen LogP contribution < -0.4 is 9.47 Å². The van der Waals surface area contributed by atoms with Crippen molar-refractivity contribution < 1.29 is 14.6 Å². The Kier molecular flexibility index (Phi) is 4.65. The van der Waals surface area contributed by atoms with Crippen molar-refractivity contribution in [1.29, 1.82) is 0 Å². The fourth-order valence-electron chi connectivity index (χ4n) is 3.57. The third-order valence-corrected chi connectivity index (χ3v) is 4.92. The van der Waals surface area contributed by atoms with E-state index in [0.29, 0.717) is 23.3 Å². The van der Waals surface area contributed by atoms with Gasteiger partial charge in [0.15, 0.2) is 0 Å². The van der Waals surface area contributed by atoms with Crippen LogP contribution in [0.1, 0.15) is 38.7 Å². The molecule has 0 amide bonds. The molecule has 20 heavy (non-hydrogen) atoms. The van der Waals surface area contributed by atoms with Crippen molar-refractivity contribution in [3.63, 3.8) is 0 Å². The fourth-order valence-corrected chi connectivity index (χ4v) is 4.24. The summed E-state index contributed by atoms with van der Waals surface area (Å²) in [5.41, 5.74) is 0.0306. The maximum atomic E-state index is 11.1. The fraction of sp³-hybridized carbons (Fsp3) is 0.625. The maximum absolute atomic E-state index is 11.1. The molecule has 1 aromatic carbocycles. The normalized spacial score (nSPS) is 30.1. The van der Waals surface area contributed by atoms with Gasteiger partial charge in [0.2, 0.25) is 0 Å². The molecular weight excluding hydrogens is 320 g/mol. The number of ether oxygens (including phenoxy) is 2. The lowest BCUT2D eigenvalue weighted by Gasteiger charge is -2.40. The van der Waals surface area contributed by atoms with Gasteiger partial charge in [-0.3, -0.25) is 0 Å². The standard InChI is InChI=1S/C16H23BrO3/c1-10-7-11(2)9-16(18,8-10)12-5-6-13(19-3)14(17)15(12)20-4/h5-6,10-11,18H,7-9H2,1-4H3. The first kappa shape index (κ1) is 15.6. The lowest BCUT2D eigenvalue weighted by molar-refractivity contribution is -0.0378. The van der Waals surface area contributed by atoms with E-state index in [1.807, 2.05) is 12.1 Å². The van der Waals surface area contributed by atoms with Crippen molar-refractivity contribution in [2.45, 2.75) is 38.7 Å². The van der Waals surface area contributed by atoms with Gasteiger partial charge in [0.25, 0.3) is 0 Å². The highest BCUT2D eigenvalue weighted by atomic mass is 79.9. The van der Waals surface area contributed by atoms with Gasteiger partial charge in [0.1, 0.15) is 16.0 Å². The predicted octanol–water partition coefficient (Wildman–Crippen LogP) is 4.11. The van der Waals surface area contributed by atoms with Crippen molar-refractivity contribution >= 4 is 15.9 Å². The van der Waals surface area contributed by atoms with Crippen LogP contribution >= 0.6 is 15.9 Å². The average Bonchev–Trinajstić information content (AvgIpc) is 2.36. The minimum atomic E-state index is -0.822. The van der Waals surface area contributed by atoms with E-state index in [0.717, 1.165) is 22.9 Å². The molecule has 0 heterocycles. The second-order valence-electron chi connectivity index (χ2n) is 6.05. The lowest BCUT2D eigenvalue weighted by atomic mass is 9.70. The predicted molar refractivity (Wildman–Crippen MR) is 83.3 cm³/mol. The molecule has 1 fully saturated rings. The lowest BCUT2D eigenvalue weighted by Crippen LogP contribution is -2.35. The van der Waals surface area contributed by atoms with Crippen LogP contribution in [0.25, 0.3) is 0 Å². The van der Waals surface area contributed by atoms with Crippen LogP contribution in [0.5, 0.6) is 11.5 Å². The molecule has 0 radical (unpaired) electrons. The van der Waals surface area contributed by atoms with Gasteiger partial charge in [-0.2, -0.15) is 0 Å². The van der Waals surface area contributed by atoms with Crippen molar-refractivity contribution in [2.75, 3.05) is 14.2 Å². The highest BCUT2D eigenvalue weighted by molar-refractivity contribution is 9.10. The van der Waals surface area contributed by atoms with Gasteiger partial charge in [-0.1, -0.05) is 13.8 Å². The van der Waals surface area contributed by atoms with Crippen molar-refractivity contribution in [2.24, 2.45) is 11.8 Å². The monoisotopic (exact) mass is 342 g/mol. The number of rotatable bonds is 3. The first-order valence-electron chi connectivity index (χ1n) is 7.04. The van der Waals surface area contributed by atoms with Crippen molar-refractivity contribution in [3.05, 3.63) is 22.2 Å². The second kappa shape index (κ2) is 5.94. The summed E-state index contributed by atoms with van der Waals surface area (Å²) in [6.45, 7) is 4.40. The smallest absolute Gasteiger partial charge is 0.142 e. The average molecular weight is 343 g/mol. The molecule has 112 valence electrons. The van der Waals surface area contributed by atoms with E-state index < -0.39 is 5.60 Å². The van der Waals surface area contributed by atoms with Crippen LogP contribution in [-0.2, 0) is 5.60 Å². The Bertz CT molecular complexity index is 477. The highest BCUT2D eigenvalue weighted by Crippen LogP contribution is 2.48. The Balaban J connectivity index is 2.48. The molecule has 0 aromatic heterocycles. The van der Waals surface area contributed by atoms with Gasteiger partial charge in [0.05, 0.1) is 19.8 Å². The van der Waals surface area contributed by atoms with E-state index >= 15 is 0 Å². The molecule has 2 unspecified atom stereocenters. The van der Waals surface area contributed by atoms with Crippen LogP contribution in [0.3, 0.4) is 0 Å². The van der Waals surface area contributed by atoms with Crippen molar-refractivity contribution in [3.8, 4) is 11.5 Å². The van der Waals surface area contributed by atoms with E-state index in [-0.39, 0.29) is 0 Å². The third-order valence-electron chi connectivity index (χ3n) is 4.16. The van der Waals surface area contributed by atoms with Gasteiger partial charge < -0.3 is 14.6 Å². The molecule has 1 saturated carbocycles. The zero-order valence-electron chi connectivity index (χ0n) is 12.6. The number of hydrogen-bond acceptors (Lipinski definition) is 3. The Morgan fingerprint density at radius 1 is 1.15 bits per heavy atom. The molecule has 1 aromatic rings. The first-order valence-corrected chi connectivity index (χ1v) is 7.84. The molecule has 0 bridgehead atoms. The van der Waals surface area contributed by atoms with Crippen LogP contribution in [0.15, 0.2) is 16.6 Å². The topological polar surface area (TPSA) is 38.7 Å². The van der Waals surface area contributed by atoms with Crippen molar-refractivity contribution in [1.82, 2.24) is 0 Å². The molecule has 3 nitrogen and oxygen atoms in total. The summed E-state index contributed by atoms with van der Waals surface area (Å²) in [7, 11) is 3.25. The molecule has 0 saturated heterocycles. The summed E-state index contributed by atoms with van der Waals surface area (Å²) in [4.78, 5) is 0. The zero-order valence-corrected chi connectivity index (χ0v) is 14.2. The molecule has 0 spiro atoms. The van der Waals surface area contributed by atoms with Crippen LogP contribution in [0, 0.1) is 11.8 Å². The van der Waals surface area contributed by atoms with Gasteiger partial charge in [-0.05, 0) is 59.2 Å². The minimum Gasteiger partial charge on any atom is -0.495 e. The summed E-state index contributed by atoms with van der Waals surface area (Å²) in [5, 5.41) is 11.1. The zero-order chi connectivity index (χ0) is 14.9. The first-order chi connectivity index (χ1) is 9.41. The summed E-state index contributed by atoms with van der Waals surface area (Å²) in [6, 6.07) is 3.80. The molecule has 1 aliphatic carbocycles. The van der Waals surface area contributed by atoms with Gasteiger partial charge >= 0.3 is 0 Å². The summed E-state index contributed by atoms with van der Waals surface area (Å²) < 4.78 is 11.6. The molecule has 2 rings (SSSR count). The Labute approximate surface area is 129 Å². The van der Waals surface area contributed by atoms with Crippen LogP contribution in [-0.4, -0.2) is 19.3 Å². The SMILES string of the molecule is COc1ccc(C2(O)CC(C)CC(C)C2)c(OC)c1Br. The van der Waals surface area contributed by atoms with Gasteiger partial charge in [-0.25, -0.2) is 0 Å². The van der Waals surface area contributed by atoms with E-state index in [1.54, 1.807) is 14.2 Å². The van der Waals surface area contributed by atoms with Crippen LogP contribution in [0.2, 0.25) is 0 Å². The Morgan fingerprint density at radius 3 is 2.25 bits per heavy atom. The van der Waals surface area contributed by atoms with E-state index in [1.165, 1.54) is 6.42 Å². The number of aliphatic hydroxyl groups is 1. The third kappa shape index (κ3) is 2.82. The summed E-state index contributed by atoms with van der Waals surface area (Å²) >= 11 is 3.51. The van der Waals surface area contributed by atoms with E-state index in [2.05, 4.69) is 29.8 Å². The quantitative estimate of drug-likeness (QED) is 0.898. The molecule has 1 aliphatic rings. The summed E-state index contributed by atoms with van der Waals surface area (Å²) in [6.07, 6.45) is 2.71. The molecule has 1 N–H and O–H groups in total. The number of benzene rings is 1. The van der Waals surface area contributed by atoms with Gasteiger partial charge in [0, 0.05) is 5.56 Å². The minimum absolute atomic E-state index is 0.509. The number of methoxy groups -OCH3 is 2. The maximum Gasteiger partial charge on any atom is 0.142 e. The van der Waals surface area contributed by atoms with Gasteiger partial charge in [-0.15, -0.1) is 0 Å². The molecule has 4 heteroatoms. The molecular formula is C16H23BrO3. The molecule has 0 aliphatic heterocycles. The highest BCUT2D eigenvalue weighted by Gasteiger charge is 2.40. The largest absolute Gasteiger partial charge is 0.495 e. The summed E-state index contributed by atoms with van der Waals surface area (Å²) in [5.74, 6) is 2.41. The number of halogens is 1. The number of hydrogen-bond donors (Lipinski definition) is 1. The Hall–Kier alpha value is -0.740. The van der Waals surface area contributed by atoms with E-state index in [4.69, 9.17) is 9.47 Å². The second-order valence-corrected chi connectivity index (χ2v) is 6.84. The molecule has 2 atom stereocenters. The van der Waals surface area contributed by atoms with E-state index in [9.17, 15) is 5.11 Å². The Morgan fingerprint density at radius 2 is 1.75 bits per heavy atom.